The van der Waals surface area contributed by atoms with Crippen molar-refractivity contribution >= 4 is 0 Å². The minimum Gasteiger partial charge on any atom is -0.507 e. The number of rotatable bonds is 3. The van der Waals surface area contributed by atoms with Gasteiger partial charge in [0.15, 0.2) is 0 Å². The lowest BCUT2D eigenvalue weighted by Crippen LogP contribution is -2.12. The Balaban J connectivity index is 2.35. The lowest BCUT2D eigenvalue weighted by atomic mass is 10.2. The molecule has 0 bridgehead atoms. The van der Waals surface area contributed by atoms with Crippen LogP contribution in [-0.2, 0) is 0 Å². The fourth-order valence-electron chi connectivity index (χ4n) is 1.41. The van der Waals surface area contributed by atoms with Crippen molar-refractivity contribution in [2.75, 3.05) is 7.05 Å². The summed E-state index contributed by atoms with van der Waals surface area (Å²) in [7, 11) is 1.86. The second-order valence-corrected chi connectivity index (χ2v) is 3.61. The third kappa shape index (κ3) is 1.92. The van der Waals surface area contributed by atoms with Gasteiger partial charge in [0.2, 0.25) is 5.89 Å². The topological polar surface area (TPSA) is 58.3 Å². The lowest BCUT2D eigenvalue weighted by Gasteiger charge is -2.03. The third-order valence-electron chi connectivity index (χ3n) is 2.53. The normalized spacial score (nSPS) is 12.6. The van der Waals surface area contributed by atoms with Gasteiger partial charge in [0.1, 0.15) is 12.0 Å². The molecular weight excluding hydrogens is 204 g/mol. The Hall–Kier alpha value is -1.81. The number of aromatic nitrogens is 1. The van der Waals surface area contributed by atoms with Crippen molar-refractivity contribution in [1.82, 2.24) is 10.3 Å². The molecule has 1 unspecified atom stereocenters. The van der Waals surface area contributed by atoms with Gasteiger partial charge >= 0.3 is 0 Å². The summed E-state index contributed by atoms with van der Waals surface area (Å²) < 4.78 is 5.34. The molecular formula is C12H14N2O2. The summed E-state index contributed by atoms with van der Waals surface area (Å²) in [6.45, 7) is 1.99. The standard InChI is InChI=1S/C12H14N2O2/c1-8(13-2)10-7-16-12(14-10)9-5-3-4-6-11(9)15/h3-8,13,15H,1-2H3. The predicted octanol–water partition coefficient (Wildman–Crippen LogP) is 2.33. The van der Waals surface area contributed by atoms with E-state index in [0.717, 1.165) is 5.69 Å². The SMILES string of the molecule is CNC(C)c1coc(-c2ccccc2O)n1. The van der Waals surface area contributed by atoms with E-state index in [2.05, 4.69) is 10.3 Å². The maximum Gasteiger partial charge on any atom is 0.229 e. The first kappa shape index (κ1) is 10.7. The molecule has 4 heteroatoms. The summed E-state index contributed by atoms with van der Waals surface area (Å²) in [6, 6.07) is 7.11. The molecule has 0 aliphatic rings. The summed E-state index contributed by atoms with van der Waals surface area (Å²) in [4.78, 5) is 4.32. The van der Waals surface area contributed by atoms with Crippen molar-refractivity contribution in [2.45, 2.75) is 13.0 Å². The van der Waals surface area contributed by atoms with E-state index in [1.54, 1.807) is 24.5 Å². The molecule has 1 aromatic carbocycles. The molecule has 1 aromatic heterocycles. The second-order valence-electron chi connectivity index (χ2n) is 3.61. The van der Waals surface area contributed by atoms with E-state index >= 15 is 0 Å². The first-order valence-corrected chi connectivity index (χ1v) is 5.13. The highest BCUT2D eigenvalue weighted by molar-refractivity contribution is 5.61. The monoisotopic (exact) mass is 218 g/mol. The fourth-order valence-corrected chi connectivity index (χ4v) is 1.41. The van der Waals surface area contributed by atoms with Gasteiger partial charge in [-0.25, -0.2) is 4.98 Å². The van der Waals surface area contributed by atoms with Gasteiger partial charge in [0, 0.05) is 6.04 Å². The number of phenolic OH excluding ortho intramolecular Hbond substituents is 1. The molecule has 0 aliphatic carbocycles. The quantitative estimate of drug-likeness (QED) is 0.830. The van der Waals surface area contributed by atoms with Crippen LogP contribution in [0.3, 0.4) is 0 Å². The summed E-state index contributed by atoms with van der Waals surface area (Å²) >= 11 is 0. The van der Waals surface area contributed by atoms with Gasteiger partial charge in [-0.1, -0.05) is 12.1 Å². The van der Waals surface area contributed by atoms with Crippen LogP contribution in [0.5, 0.6) is 5.75 Å². The Morgan fingerprint density at radius 1 is 1.38 bits per heavy atom. The Bertz CT molecular complexity index is 479. The molecule has 2 aromatic rings. The zero-order chi connectivity index (χ0) is 11.5. The van der Waals surface area contributed by atoms with Crippen molar-refractivity contribution in [1.29, 1.82) is 0 Å². The maximum absolute atomic E-state index is 9.65. The second kappa shape index (κ2) is 4.37. The van der Waals surface area contributed by atoms with E-state index < -0.39 is 0 Å². The van der Waals surface area contributed by atoms with E-state index in [1.165, 1.54) is 0 Å². The number of hydrogen-bond acceptors (Lipinski definition) is 4. The minimum absolute atomic E-state index is 0.128. The summed E-state index contributed by atoms with van der Waals surface area (Å²) in [6.07, 6.45) is 1.60. The van der Waals surface area contributed by atoms with Gasteiger partial charge in [-0.05, 0) is 26.1 Å². The zero-order valence-corrected chi connectivity index (χ0v) is 9.27. The van der Waals surface area contributed by atoms with Crippen LogP contribution in [0.25, 0.3) is 11.5 Å². The van der Waals surface area contributed by atoms with Crippen molar-refractivity contribution in [3.8, 4) is 17.2 Å². The molecule has 2 rings (SSSR count). The molecule has 0 radical (unpaired) electrons. The highest BCUT2D eigenvalue weighted by Crippen LogP contribution is 2.28. The third-order valence-corrected chi connectivity index (χ3v) is 2.53. The van der Waals surface area contributed by atoms with Crippen molar-refractivity contribution in [3.63, 3.8) is 0 Å². The van der Waals surface area contributed by atoms with Gasteiger partial charge in [-0.3, -0.25) is 0 Å². The van der Waals surface area contributed by atoms with Gasteiger partial charge < -0.3 is 14.8 Å². The Morgan fingerprint density at radius 3 is 2.81 bits per heavy atom. The zero-order valence-electron chi connectivity index (χ0n) is 9.27. The fraction of sp³-hybridized carbons (Fsp3) is 0.250. The van der Waals surface area contributed by atoms with Gasteiger partial charge in [-0.2, -0.15) is 0 Å². The van der Waals surface area contributed by atoms with Crippen LogP contribution in [0.15, 0.2) is 34.9 Å². The molecule has 0 saturated heterocycles. The smallest absolute Gasteiger partial charge is 0.229 e. The average molecular weight is 218 g/mol. The number of para-hydroxylation sites is 1. The van der Waals surface area contributed by atoms with Crippen molar-refractivity contribution in [2.24, 2.45) is 0 Å². The number of benzene rings is 1. The Morgan fingerprint density at radius 2 is 2.12 bits per heavy atom. The first-order valence-electron chi connectivity index (χ1n) is 5.13. The van der Waals surface area contributed by atoms with E-state index in [-0.39, 0.29) is 11.8 Å². The van der Waals surface area contributed by atoms with Crippen LogP contribution < -0.4 is 5.32 Å². The van der Waals surface area contributed by atoms with Crippen LogP contribution in [0.2, 0.25) is 0 Å². The number of nitrogens with zero attached hydrogens (tertiary/aromatic N) is 1. The van der Waals surface area contributed by atoms with E-state index in [0.29, 0.717) is 11.5 Å². The van der Waals surface area contributed by atoms with E-state index in [4.69, 9.17) is 4.42 Å². The maximum atomic E-state index is 9.65. The number of aromatic hydroxyl groups is 1. The van der Waals surface area contributed by atoms with E-state index in [1.807, 2.05) is 20.0 Å². The van der Waals surface area contributed by atoms with Crippen molar-refractivity contribution < 1.29 is 9.52 Å². The summed E-state index contributed by atoms with van der Waals surface area (Å²) in [5.41, 5.74) is 1.43. The highest BCUT2D eigenvalue weighted by atomic mass is 16.3. The molecule has 0 fully saturated rings. The average Bonchev–Trinajstić information content (AvgIpc) is 2.78. The van der Waals surface area contributed by atoms with Crippen LogP contribution in [0.1, 0.15) is 18.7 Å². The van der Waals surface area contributed by atoms with Gasteiger partial charge in [-0.15, -0.1) is 0 Å². The van der Waals surface area contributed by atoms with Gasteiger partial charge in [0.05, 0.1) is 11.3 Å². The lowest BCUT2D eigenvalue weighted by molar-refractivity contribution is 0.473. The number of phenols is 1. The minimum atomic E-state index is 0.128. The van der Waals surface area contributed by atoms with Crippen molar-refractivity contribution in [3.05, 3.63) is 36.2 Å². The largest absolute Gasteiger partial charge is 0.507 e. The number of oxazole rings is 1. The van der Waals surface area contributed by atoms with Crippen LogP contribution in [0.4, 0.5) is 0 Å². The Labute approximate surface area is 93.9 Å². The van der Waals surface area contributed by atoms with E-state index in [9.17, 15) is 5.11 Å². The van der Waals surface area contributed by atoms with Crippen LogP contribution in [0, 0.1) is 0 Å². The molecule has 0 spiro atoms. The molecule has 1 atom stereocenters. The summed E-state index contributed by atoms with van der Waals surface area (Å²) in [5, 5.41) is 12.7. The molecule has 16 heavy (non-hydrogen) atoms. The number of hydrogen-bond donors (Lipinski definition) is 2. The molecule has 2 N–H and O–H groups in total. The molecule has 4 nitrogen and oxygen atoms in total. The molecule has 0 aliphatic heterocycles. The number of nitrogens with one attached hydrogen (secondary N) is 1. The summed E-state index contributed by atoms with van der Waals surface area (Å²) in [5.74, 6) is 0.614. The molecule has 0 amide bonds. The molecule has 1 heterocycles. The van der Waals surface area contributed by atoms with Gasteiger partial charge in [0.25, 0.3) is 0 Å². The first-order chi connectivity index (χ1) is 7.72. The highest BCUT2D eigenvalue weighted by Gasteiger charge is 2.13. The van der Waals surface area contributed by atoms with Crippen LogP contribution in [-0.4, -0.2) is 17.1 Å². The molecule has 84 valence electrons. The Kier molecular flexibility index (Phi) is 2.92. The van der Waals surface area contributed by atoms with Crippen LogP contribution >= 0.6 is 0 Å². The predicted molar refractivity (Wildman–Crippen MR) is 61.1 cm³/mol. The molecule has 0 saturated carbocycles.